The standard InChI is InChI=1S/C16H19N5O2/c1-12(10-20-9-5-8-17-20)21-11-13(18-19-21)16-14(22-2)6-4-7-15(16)23-3/h4-9,11-12H,10H2,1-3H3/t12-/m0/s1. The average molecular weight is 313 g/mol. The summed E-state index contributed by atoms with van der Waals surface area (Å²) in [6.07, 6.45) is 5.59. The van der Waals surface area contributed by atoms with Crippen LogP contribution in [-0.2, 0) is 6.54 Å². The van der Waals surface area contributed by atoms with Gasteiger partial charge in [0.25, 0.3) is 0 Å². The van der Waals surface area contributed by atoms with Gasteiger partial charge in [0.2, 0.25) is 0 Å². The van der Waals surface area contributed by atoms with Crippen LogP contribution in [0, 0.1) is 0 Å². The lowest BCUT2D eigenvalue weighted by Gasteiger charge is -2.12. The molecule has 0 spiro atoms. The van der Waals surface area contributed by atoms with Crippen molar-refractivity contribution in [3.05, 3.63) is 42.9 Å². The summed E-state index contributed by atoms with van der Waals surface area (Å²) in [5.41, 5.74) is 1.52. The molecule has 120 valence electrons. The van der Waals surface area contributed by atoms with Crippen LogP contribution in [0.15, 0.2) is 42.9 Å². The molecule has 0 radical (unpaired) electrons. The van der Waals surface area contributed by atoms with Gasteiger partial charge in [-0.15, -0.1) is 5.10 Å². The van der Waals surface area contributed by atoms with Crippen molar-refractivity contribution in [2.75, 3.05) is 14.2 Å². The van der Waals surface area contributed by atoms with Gasteiger partial charge in [0, 0.05) is 12.4 Å². The molecule has 0 aliphatic rings. The van der Waals surface area contributed by atoms with Crippen molar-refractivity contribution in [3.8, 4) is 22.8 Å². The second-order valence-corrected chi connectivity index (χ2v) is 5.20. The van der Waals surface area contributed by atoms with Crippen molar-refractivity contribution < 1.29 is 9.47 Å². The van der Waals surface area contributed by atoms with Gasteiger partial charge in [0.05, 0.1) is 38.6 Å². The zero-order valence-electron chi connectivity index (χ0n) is 13.4. The maximum Gasteiger partial charge on any atom is 0.132 e. The molecule has 1 atom stereocenters. The van der Waals surface area contributed by atoms with Gasteiger partial charge in [-0.25, -0.2) is 4.68 Å². The first-order chi connectivity index (χ1) is 11.2. The van der Waals surface area contributed by atoms with Crippen LogP contribution in [0.1, 0.15) is 13.0 Å². The Balaban J connectivity index is 1.90. The number of benzene rings is 1. The maximum atomic E-state index is 5.43. The number of rotatable bonds is 6. The molecule has 0 fully saturated rings. The minimum Gasteiger partial charge on any atom is -0.496 e. The first-order valence-electron chi connectivity index (χ1n) is 7.33. The van der Waals surface area contributed by atoms with Crippen molar-refractivity contribution in [1.82, 2.24) is 24.8 Å². The summed E-state index contributed by atoms with van der Waals surface area (Å²) in [6, 6.07) is 7.66. The van der Waals surface area contributed by atoms with Crippen LogP contribution >= 0.6 is 0 Å². The second kappa shape index (κ2) is 6.51. The molecule has 0 bridgehead atoms. The van der Waals surface area contributed by atoms with Crippen LogP contribution in [0.25, 0.3) is 11.3 Å². The van der Waals surface area contributed by atoms with E-state index < -0.39 is 0 Å². The Morgan fingerprint density at radius 1 is 1.13 bits per heavy atom. The summed E-state index contributed by atoms with van der Waals surface area (Å²) in [7, 11) is 3.26. The SMILES string of the molecule is COc1cccc(OC)c1-c1cn([C@@H](C)Cn2cccn2)nn1. The van der Waals surface area contributed by atoms with Gasteiger partial charge in [0.1, 0.15) is 17.2 Å². The third-order valence-corrected chi connectivity index (χ3v) is 3.66. The lowest BCUT2D eigenvalue weighted by Crippen LogP contribution is -2.14. The predicted octanol–water partition coefficient (Wildman–Crippen LogP) is 2.42. The van der Waals surface area contributed by atoms with E-state index in [2.05, 4.69) is 22.3 Å². The highest BCUT2D eigenvalue weighted by molar-refractivity contribution is 5.73. The molecule has 0 saturated carbocycles. The van der Waals surface area contributed by atoms with Gasteiger partial charge in [-0.05, 0) is 25.1 Å². The van der Waals surface area contributed by atoms with Crippen LogP contribution in [-0.4, -0.2) is 39.0 Å². The Morgan fingerprint density at radius 2 is 1.87 bits per heavy atom. The fourth-order valence-corrected chi connectivity index (χ4v) is 2.47. The zero-order chi connectivity index (χ0) is 16.2. The molecule has 0 amide bonds. The number of ether oxygens (including phenoxy) is 2. The van der Waals surface area contributed by atoms with Crippen LogP contribution in [0.5, 0.6) is 11.5 Å². The molecule has 3 rings (SSSR count). The highest BCUT2D eigenvalue weighted by Crippen LogP contribution is 2.37. The van der Waals surface area contributed by atoms with E-state index in [1.807, 2.05) is 46.0 Å². The van der Waals surface area contributed by atoms with Crippen molar-refractivity contribution in [2.45, 2.75) is 19.5 Å². The Labute approximate surface area is 134 Å². The maximum absolute atomic E-state index is 5.43. The number of aromatic nitrogens is 5. The molecular weight excluding hydrogens is 294 g/mol. The summed E-state index contributed by atoms with van der Waals surface area (Å²) < 4.78 is 14.5. The van der Waals surface area contributed by atoms with Gasteiger partial charge < -0.3 is 9.47 Å². The van der Waals surface area contributed by atoms with E-state index in [0.29, 0.717) is 17.2 Å². The van der Waals surface area contributed by atoms with Gasteiger partial charge in [0.15, 0.2) is 0 Å². The highest BCUT2D eigenvalue weighted by Gasteiger charge is 2.17. The molecule has 2 aromatic heterocycles. The molecule has 3 aromatic rings. The quantitative estimate of drug-likeness (QED) is 0.699. The second-order valence-electron chi connectivity index (χ2n) is 5.20. The van der Waals surface area contributed by atoms with Gasteiger partial charge in [-0.2, -0.15) is 5.10 Å². The van der Waals surface area contributed by atoms with Crippen LogP contribution < -0.4 is 9.47 Å². The smallest absolute Gasteiger partial charge is 0.132 e. The minimum absolute atomic E-state index is 0.122. The summed E-state index contributed by atoms with van der Waals surface area (Å²) in [5, 5.41) is 12.7. The number of nitrogens with zero attached hydrogens (tertiary/aromatic N) is 5. The van der Waals surface area contributed by atoms with Crippen molar-refractivity contribution >= 4 is 0 Å². The van der Waals surface area contributed by atoms with Crippen LogP contribution in [0.4, 0.5) is 0 Å². The van der Waals surface area contributed by atoms with Crippen LogP contribution in [0.2, 0.25) is 0 Å². The minimum atomic E-state index is 0.122. The molecular formula is C16H19N5O2. The Kier molecular flexibility index (Phi) is 4.27. The molecule has 7 nitrogen and oxygen atoms in total. The van der Waals surface area contributed by atoms with E-state index in [9.17, 15) is 0 Å². The van der Waals surface area contributed by atoms with Crippen molar-refractivity contribution in [2.24, 2.45) is 0 Å². The van der Waals surface area contributed by atoms with E-state index in [-0.39, 0.29) is 6.04 Å². The van der Waals surface area contributed by atoms with E-state index in [1.165, 1.54) is 0 Å². The van der Waals surface area contributed by atoms with Crippen molar-refractivity contribution in [3.63, 3.8) is 0 Å². The molecule has 7 heteroatoms. The fraction of sp³-hybridized carbons (Fsp3) is 0.312. The molecule has 0 saturated heterocycles. The van der Waals surface area contributed by atoms with E-state index in [0.717, 1.165) is 12.1 Å². The van der Waals surface area contributed by atoms with Crippen molar-refractivity contribution in [1.29, 1.82) is 0 Å². The molecule has 0 unspecified atom stereocenters. The number of hydrogen-bond donors (Lipinski definition) is 0. The third kappa shape index (κ3) is 3.03. The lowest BCUT2D eigenvalue weighted by atomic mass is 10.1. The normalized spacial score (nSPS) is 12.1. The fourth-order valence-electron chi connectivity index (χ4n) is 2.47. The lowest BCUT2D eigenvalue weighted by molar-refractivity contribution is 0.397. The summed E-state index contributed by atoms with van der Waals surface area (Å²) in [4.78, 5) is 0. The largest absolute Gasteiger partial charge is 0.496 e. The summed E-state index contributed by atoms with van der Waals surface area (Å²) >= 11 is 0. The topological polar surface area (TPSA) is 67.0 Å². The van der Waals surface area contributed by atoms with Gasteiger partial charge in [-0.3, -0.25) is 4.68 Å². The van der Waals surface area contributed by atoms with Gasteiger partial charge in [-0.1, -0.05) is 11.3 Å². The number of methoxy groups -OCH3 is 2. The average Bonchev–Trinajstić information content (AvgIpc) is 3.25. The monoisotopic (exact) mass is 313 g/mol. The van der Waals surface area contributed by atoms with E-state index >= 15 is 0 Å². The molecule has 1 aromatic carbocycles. The molecule has 0 N–H and O–H groups in total. The molecule has 2 heterocycles. The third-order valence-electron chi connectivity index (χ3n) is 3.66. The Hall–Kier alpha value is -2.83. The molecule has 0 aliphatic heterocycles. The predicted molar refractivity (Wildman–Crippen MR) is 85.5 cm³/mol. The summed E-state index contributed by atoms with van der Waals surface area (Å²) in [5.74, 6) is 1.41. The zero-order valence-corrected chi connectivity index (χ0v) is 13.4. The van der Waals surface area contributed by atoms with Crippen LogP contribution in [0.3, 0.4) is 0 Å². The van der Waals surface area contributed by atoms with E-state index in [1.54, 1.807) is 20.4 Å². The Bertz CT molecular complexity index is 744. The number of hydrogen-bond acceptors (Lipinski definition) is 5. The van der Waals surface area contributed by atoms with E-state index in [4.69, 9.17) is 9.47 Å². The molecule has 0 aliphatic carbocycles. The highest BCUT2D eigenvalue weighted by atomic mass is 16.5. The Morgan fingerprint density at radius 3 is 2.48 bits per heavy atom. The summed E-state index contributed by atoms with van der Waals surface area (Å²) in [6.45, 7) is 2.79. The first kappa shape index (κ1) is 15.1. The first-order valence-corrected chi connectivity index (χ1v) is 7.33. The molecule has 23 heavy (non-hydrogen) atoms. The van der Waals surface area contributed by atoms with Gasteiger partial charge >= 0.3 is 0 Å².